The highest BCUT2D eigenvalue weighted by Crippen LogP contribution is 2.27. The molecule has 0 bridgehead atoms. The fourth-order valence-electron chi connectivity index (χ4n) is 1.55. The van der Waals surface area contributed by atoms with Crippen molar-refractivity contribution in [1.29, 1.82) is 0 Å². The van der Waals surface area contributed by atoms with Crippen molar-refractivity contribution < 1.29 is 5.11 Å². The molecule has 2 rings (SSSR count). The van der Waals surface area contributed by atoms with Gasteiger partial charge < -0.3 is 10.0 Å². The molecule has 1 aliphatic rings. The normalized spacial score (nSPS) is 18.3. The van der Waals surface area contributed by atoms with Crippen LogP contribution in [-0.2, 0) is 0 Å². The Bertz CT molecular complexity index is 363. The molecular weight excluding hydrogens is 226 g/mol. The third kappa shape index (κ3) is 2.33. The number of thiocarbonyl (C=S) groups is 1. The van der Waals surface area contributed by atoms with Crippen molar-refractivity contribution in [1.82, 2.24) is 4.90 Å². The van der Waals surface area contributed by atoms with E-state index in [1.54, 1.807) is 11.8 Å². The molecule has 1 aliphatic heterocycles. The summed E-state index contributed by atoms with van der Waals surface area (Å²) >= 11 is 6.80. The maximum Gasteiger partial charge on any atom is 0.154 e. The van der Waals surface area contributed by atoms with Crippen molar-refractivity contribution in [3.8, 4) is 0 Å². The summed E-state index contributed by atoms with van der Waals surface area (Å²) in [7, 11) is 0. The summed E-state index contributed by atoms with van der Waals surface area (Å²) < 4.78 is 0.795. The quantitative estimate of drug-likeness (QED) is 0.800. The summed E-state index contributed by atoms with van der Waals surface area (Å²) in [6.07, 6.45) is -0.590. The lowest BCUT2D eigenvalue weighted by Crippen LogP contribution is -2.28. The number of aliphatic hydroxyl groups excluding tert-OH is 1. The molecule has 1 heterocycles. The van der Waals surface area contributed by atoms with Crippen molar-refractivity contribution in [2.75, 3.05) is 12.3 Å². The van der Waals surface area contributed by atoms with Crippen LogP contribution < -0.4 is 0 Å². The highest BCUT2D eigenvalue weighted by Gasteiger charge is 2.24. The van der Waals surface area contributed by atoms with E-state index in [-0.39, 0.29) is 0 Å². The largest absolute Gasteiger partial charge is 0.369 e. The SMILES string of the molecule is Cc1ccc(C(O)N2CCSC2=S)cc1. The van der Waals surface area contributed by atoms with Crippen molar-refractivity contribution in [3.63, 3.8) is 0 Å². The highest BCUT2D eigenvalue weighted by atomic mass is 32.2. The molecule has 1 saturated heterocycles. The lowest BCUT2D eigenvalue weighted by atomic mass is 10.1. The molecule has 0 radical (unpaired) electrons. The summed E-state index contributed by atoms with van der Waals surface area (Å²) in [5, 5.41) is 10.1. The van der Waals surface area contributed by atoms with Gasteiger partial charge in [-0.15, -0.1) is 0 Å². The van der Waals surface area contributed by atoms with Gasteiger partial charge in [-0.3, -0.25) is 0 Å². The molecule has 80 valence electrons. The second kappa shape index (κ2) is 4.51. The molecule has 1 unspecified atom stereocenters. The summed E-state index contributed by atoms with van der Waals surface area (Å²) in [6.45, 7) is 2.87. The van der Waals surface area contributed by atoms with Crippen LogP contribution in [0.5, 0.6) is 0 Å². The number of aryl methyl sites for hydroxylation is 1. The van der Waals surface area contributed by atoms with Crippen molar-refractivity contribution in [2.45, 2.75) is 13.2 Å². The number of rotatable bonds is 2. The van der Waals surface area contributed by atoms with E-state index in [9.17, 15) is 5.11 Å². The van der Waals surface area contributed by atoms with E-state index in [1.165, 1.54) is 5.56 Å². The number of hydrogen-bond donors (Lipinski definition) is 1. The van der Waals surface area contributed by atoms with Crippen LogP contribution in [0.25, 0.3) is 0 Å². The minimum absolute atomic E-state index is 0.590. The van der Waals surface area contributed by atoms with Crippen LogP contribution in [0.1, 0.15) is 17.4 Å². The predicted octanol–water partition coefficient (Wildman–Crippen LogP) is 2.32. The zero-order valence-corrected chi connectivity index (χ0v) is 10.1. The summed E-state index contributed by atoms with van der Waals surface area (Å²) in [6, 6.07) is 7.91. The monoisotopic (exact) mass is 239 g/mol. The van der Waals surface area contributed by atoms with Gasteiger partial charge in [0.15, 0.2) is 6.23 Å². The lowest BCUT2D eigenvalue weighted by Gasteiger charge is -2.24. The summed E-state index contributed by atoms with van der Waals surface area (Å²) in [5.74, 6) is 0.974. The third-order valence-corrected chi connectivity index (χ3v) is 3.92. The molecule has 0 aliphatic carbocycles. The highest BCUT2D eigenvalue weighted by molar-refractivity contribution is 8.23. The molecule has 0 amide bonds. The van der Waals surface area contributed by atoms with E-state index < -0.39 is 6.23 Å². The van der Waals surface area contributed by atoms with Crippen molar-refractivity contribution in [3.05, 3.63) is 35.4 Å². The van der Waals surface area contributed by atoms with Crippen molar-refractivity contribution in [2.24, 2.45) is 0 Å². The predicted molar refractivity (Wildman–Crippen MR) is 67.9 cm³/mol. The molecular formula is C11H13NOS2. The van der Waals surface area contributed by atoms with Gasteiger partial charge in [0.25, 0.3) is 0 Å². The van der Waals surface area contributed by atoms with Gasteiger partial charge in [0, 0.05) is 17.9 Å². The van der Waals surface area contributed by atoms with Gasteiger partial charge in [-0.05, 0) is 6.92 Å². The standard InChI is InChI=1S/C11H13NOS2/c1-8-2-4-9(5-3-8)10(13)12-6-7-15-11(12)14/h2-5,10,13H,6-7H2,1H3. The number of hydrogen-bond acceptors (Lipinski definition) is 3. The topological polar surface area (TPSA) is 23.5 Å². The Balaban J connectivity index is 2.16. The summed E-state index contributed by atoms with van der Waals surface area (Å²) in [5.41, 5.74) is 2.11. The second-order valence-corrected chi connectivity index (χ2v) is 5.32. The molecule has 1 fully saturated rings. The van der Waals surface area contributed by atoms with E-state index in [2.05, 4.69) is 0 Å². The molecule has 1 atom stereocenters. The molecule has 4 heteroatoms. The van der Waals surface area contributed by atoms with Crippen LogP contribution in [0.3, 0.4) is 0 Å². The van der Waals surface area contributed by atoms with Gasteiger partial charge in [-0.25, -0.2) is 0 Å². The van der Waals surface area contributed by atoms with Crippen LogP contribution in [0, 0.1) is 6.92 Å². The maximum atomic E-state index is 10.1. The first kappa shape index (κ1) is 10.9. The zero-order valence-electron chi connectivity index (χ0n) is 8.51. The molecule has 0 aromatic heterocycles. The average molecular weight is 239 g/mol. The number of thioether (sulfide) groups is 1. The van der Waals surface area contributed by atoms with Gasteiger partial charge in [-0.2, -0.15) is 0 Å². The first-order chi connectivity index (χ1) is 7.18. The summed E-state index contributed by atoms with van der Waals surface area (Å²) in [4.78, 5) is 1.87. The maximum absolute atomic E-state index is 10.1. The number of benzene rings is 1. The lowest BCUT2D eigenvalue weighted by molar-refractivity contribution is 0.0625. The van der Waals surface area contributed by atoms with Crippen LogP contribution in [0.4, 0.5) is 0 Å². The first-order valence-electron chi connectivity index (χ1n) is 4.86. The van der Waals surface area contributed by atoms with E-state index in [1.807, 2.05) is 36.1 Å². The number of nitrogens with zero attached hydrogens (tertiary/aromatic N) is 1. The van der Waals surface area contributed by atoms with Crippen LogP contribution in [0.15, 0.2) is 24.3 Å². The van der Waals surface area contributed by atoms with Gasteiger partial charge in [0.2, 0.25) is 0 Å². The smallest absolute Gasteiger partial charge is 0.154 e. The fourth-order valence-corrected chi connectivity index (χ4v) is 2.81. The molecule has 15 heavy (non-hydrogen) atoms. The first-order valence-corrected chi connectivity index (χ1v) is 6.26. The Morgan fingerprint density at radius 2 is 2.07 bits per heavy atom. The molecule has 1 N–H and O–H groups in total. The Kier molecular flexibility index (Phi) is 3.29. The molecule has 1 aromatic carbocycles. The van der Waals surface area contributed by atoms with Crippen LogP contribution in [0.2, 0.25) is 0 Å². The Morgan fingerprint density at radius 1 is 1.40 bits per heavy atom. The van der Waals surface area contributed by atoms with E-state index in [0.29, 0.717) is 0 Å². The van der Waals surface area contributed by atoms with Gasteiger partial charge in [0.05, 0.1) is 0 Å². The van der Waals surface area contributed by atoms with Gasteiger partial charge in [-0.1, -0.05) is 53.8 Å². The second-order valence-electron chi connectivity index (χ2n) is 3.59. The molecule has 0 saturated carbocycles. The zero-order chi connectivity index (χ0) is 10.8. The minimum atomic E-state index is -0.590. The Hall–Kier alpha value is -0.580. The molecule has 2 nitrogen and oxygen atoms in total. The van der Waals surface area contributed by atoms with E-state index >= 15 is 0 Å². The van der Waals surface area contributed by atoms with Gasteiger partial charge >= 0.3 is 0 Å². The van der Waals surface area contributed by atoms with E-state index in [0.717, 1.165) is 22.2 Å². The Labute approximate surface area is 99.3 Å². The fraction of sp³-hybridized carbons (Fsp3) is 0.364. The van der Waals surface area contributed by atoms with E-state index in [4.69, 9.17) is 12.2 Å². The average Bonchev–Trinajstić information content (AvgIpc) is 2.65. The van der Waals surface area contributed by atoms with Crippen LogP contribution in [-0.4, -0.2) is 26.6 Å². The van der Waals surface area contributed by atoms with Gasteiger partial charge in [0.1, 0.15) is 4.32 Å². The van der Waals surface area contributed by atoms with Crippen LogP contribution >= 0.6 is 24.0 Å². The molecule has 1 aromatic rings. The Morgan fingerprint density at radius 3 is 2.60 bits per heavy atom. The van der Waals surface area contributed by atoms with Crippen molar-refractivity contribution >= 4 is 28.3 Å². The minimum Gasteiger partial charge on any atom is -0.369 e. The third-order valence-electron chi connectivity index (χ3n) is 2.46. The number of aliphatic hydroxyl groups is 1. The molecule has 0 spiro atoms.